The highest BCUT2D eigenvalue weighted by molar-refractivity contribution is 5.89. The summed E-state index contributed by atoms with van der Waals surface area (Å²) < 4.78 is 5.20. The van der Waals surface area contributed by atoms with Gasteiger partial charge in [0.25, 0.3) is 0 Å². The van der Waals surface area contributed by atoms with Crippen molar-refractivity contribution in [1.82, 2.24) is 0 Å². The summed E-state index contributed by atoms with van der Waals surface area (Å²) in [6.45, 7) is 5.69. The maximum Gasteiger partial charge on any atom is 0.335 e. The third-order valence-electron chi connectivity index (χ3n) is 5.30. The Bertz CT molecular complexity index is 954. The highest BCUT2D eigenvalue weighted by Gasteiger charge is 2.04. The lowest BCUT2D eigenvalue weighted by atomic mass is 9.98. The molecule has 0 unspecified atom stereocenters. The molecule has 150 valence electrons. The first-order valence-corrected chi connectivity index (χ1v) is 10.7. The second-order valence-corrected chi connectivity index (χ2v) is 7.56. The number of carbonyl (C=O) groups is 1. The van der Waals surface area contributed by atoms with Gasteiger partial charge in [-0.3, -0.25) is 0 Å². The Balaban J connectivity index is 1.63. The molecule has 2 nitrogen and oxygen atoms in total. The molecule has 0 spiro atoms. The van der Waals surface area contributed by atoms with Crippen molar-refractivity contribution in [3.05, 3.63) is 78.9 Å². The summed E-state index contributed by atoms with van der Waals surface area (Å²) in [4.78, 5) is 11.4. The van der Waals surface area contributed by atoms with E-state index in [4.69, 9.17) is 4.74 Å². The van der Waals surface area contributed by atoms with Crippen LogP contribution in [0.2, 0.25) is 0 Å². The fraction of sp³-hybridized carbons (Fsp3) is 0.296. The van der Waals surface area contributed by atoms with E-state index < -0.39 is 5.97 Å². The topological polar surface area (TPSA) is 26.3 Å². The second-order valence-electron chi connectivity index (χ2n) is 7.56. The number of rotatable bonds is 10. The molecule has 3 aromatic rings. The molecule has 0 amide bonds. The monoisotopic (exact) mass is 386 g/mol. The van der Waals surface area contributed by atoms with Crippen molar-refractivity contribution in [1.29, 1.82) is 0 Å². The molecule has 0 saturated heterocycles. The number of hydrogen-bond acceptors (Lipinski definition) is 2. The summed E-state index contributed by atoms with van der Waals surface area (Å²) in [5.41, 5.74) is 3.83. The van der Waals surface area contributed by atoms with Crippen molar-refractivity contribution >= 4 is 16.7 Å². The van der Waals surface area contributed by atoms with Crippen molar-refractivity contribution in [3.63, 3.8) is 0 Å². The molecule has 0 saturated carbocycles. The van der Waals surface area contributed by atoms with Gasteiger partial charge in [-0.25, -0.2) is 4.79 Å². The Labute approximate surface area is 174 Å². The Kier molecular flexibility index (Phi) is 7.63. The zero-order chi connectivity index (χ0) is 20.5. The number of carbonyl (C=O) groups excluding carboxylic acids is 1. The van der Waals surface area contributed by atoms with Gasteiger partial charge in [-0.2, -0.15) is 0 Å². The molecule has 0 radical (unpaired) electrons. The first-order valence-electron chi connectivity index (χ1n) is 10.7. The Morgan fingerprint density at radius 3 is 2.24 bits per heavy atom. The van der Waals surface area contributed by atoms with Gasteiger partial charge in [0.2, 0.25) is 0 Å². The van der Waals surface area contributed by atoms with E-state index in [1.165, 1.54) is 61.3 Å². The predicted octanol–water partition coefficient (Wildman–Crippen LogP) is 7.50. The van der Waals surface area contributed by atoms with Gasteiger partial charge in [-0.15, -0.1) is 0 Å². The van der Waals surface area contributed by atoms with Gasteiger partial charge in [0.15, 0.2) is 0 Å². The van der Waals surface area contributed by atoms with Crippen molar-refractivity contribution in [2.45, 2.75) is 51.9 Å². The standard InChI is InChI=1S/C27H30O2/c1-3-5-6-7-8-9-10-21-11-13-22(14-12-21)23-15-16-25-20-26(29-27(28)4-2)18-17-24(25)19-23/h4,11-20H,2-3,5-10H2,1H3. The predicted molar refractivity (Wildman–Crippen MR) is 122 cm³/mol. The highest BCUT2D eigenvalue weighted by atomic mass is 16.5. The normalized spacial score (nSPS) is 10.8. The second kappa shape index (κ2) is 10.6. The largest absolute Gasteiger partial charge is 0.423 e. The average molecular weight is 387 g/mol. The lowest BCUT2D eigenvalue weighted by Crippen LogP contribution is -2.02. The molecule has 3 rings (SSSR count). The van der Waals surface area contributed by atoms with Gasteiger partial charge in [-0.05, 0) is 58.5 Å². The van der Waals surface area contributed by atoms with Crippen molar-refractivity contribution in [2.75, 3.05) is 0 Å². The molecular formula is C27H30O2. The minimum atomic E-state index is -0.443. The quantitative estimate of drug-likeness (QED) is 0.156. The smallest absolute Gasteiger partial charge is 0.335 e. The van der Waals surface area contributed by atoms with Crippen LogP contribution in [0.15, 0.2) is 73.3 Å². The molecule has 3 aromatic carbocycles. The Morgan fingerprint density at radius 1 is 0.828 bits per heavy atom. The molecule has 0 N–H and O–H groups in total. The molecule has 29 heavy (non-hydrogen) atoms. The van der Waals surface area contributed by atoms with E-state index in [-0.39, 0.29) is 0 Å². The van der Waals surface area contributed by atoms with E-state index in [1.54, 1.807) is 0 Å². The fourth-order valence-corrected chi connectivity index (χ4v) is 3.60. The van der Waals surface area contributed by atoms with E-state index in [0.717, 1.165) is 17.2 Å². The summed E-state index contributed by atoms with van der Waals surface area (Å²) in [6, 6.07) is 21.0. The number of aryl methyl sites for hydroxylation is 1. The van der Waals surface area contributed by atoms with Crippen LogP contribution in [0, 0.1) is 0 Å². The number of hydrogen-bond donors (Lipinski definition) is 0. The van der Waals surface area contributed by atoms with Crippen LogP contribution >= 0.6 is 0 Å². The average Bonchev–Trinajstić information content (AvgIpc) is 2.76. The molecule has 0 aliphatic rings. The lowest BCUT2D eigenvalue weighted by molar-refractivity contribution is -0.128. The van der Waals surface area contributed by atoms with Gasteiger partial charge in [-0.1, -0.05) is 88.1 Å². The maximum atomic E-state index is 11.4. The summed E-state index contributed by atoms with van der Waals surface area (Å²) in [7, 11) is 0. The number of unbranched alkanes of at least 4 members (excludes halogenated alkanes) is 5. The van der Waals surface area contributed by atoms with Crippen LogP contribution in [-0.4, -0.2) is 5.97 Å². The minimum Gasteiger partial charge on any atom is -0.423 e. The zero-order valence-electron chi connectivity index (χ0n) is 17.3. The lowest BCUT2D eigenvalue weighted by Gasteiger charge is -2.08. The minimum absolute atomic E-state index is 0.443. The summed E-state index contributed by atoms with van der Waals surface area (Å²) >= 11 is 0. The number of fused-ring (bicyclic) bond motifs is 1. The molecule has 0 aromatic heterocycles. The van der Waals surface area contributed by atoms with Crippen LogP contribution < -0.4 is 4.74 Å². The van der Waals surface area contributed by atoms with Crippen LogP contribution in [0.5, 0.6) is 5.75 Å². The summed E-state index contributed by atoms with van der Waals surface area (Å²) in [5.74, 6) is 0.0937. The van der Waals surface area contributed by atoms with E-state index in [0.29, 0.717) is 5.75 Å². The molecule has 2 heteroatoms. The van der Waals surface area contributed by atoms with Crippen LogP contribution in [0.3, 0.4) is 0 Å². The first-order chi connectivity index (χ1) is 14.2. The van der Waals surface area contributed by atoms with Crippen LogP contribution in [0.1, 0.15) is 51.0 Å². The Morgan fingerprint density at radius 2 is 1.48 bits per heavy atom. The molecular weight excluding hydrogens is 356 g/mol. The van der Waals surface area contributed by atoms with Crippen molar-refractivity contribution < 1.29 is 9.53 Å². The summed E-state index contributed by atoms with van der Waals surface area (Å²) in [6.07, 6.45) is 10.3. The van der Waals surface area contributed by atoms with Crippen LogP contribution in [-0.2, 0) is 11.2 Å². The summed E-state index contributed by atoms with van der Waals surface area (Å²) in [5, 5.41) is 2.17. The molecule has 0 aliphatic heterocycles. The molecule has 0 bridgehead atoms. The molecule has 0 atom stereocenters. The highest BCUT2D eigenvalue weighted by Crippen LogP contribution is 2.27. The van der Waals surface area contributed by atoms with Gasteiger partial charge in [0, 0.05) is 6.08 Å². The van der Waals surface area contributed by atoms with E-state index in [1.807, 2.05) is 18.2 Å². The van der Waals surface area contributed by atoms with Gasteiger partial charge in [0.1, 0.15) is 5.75 Å². The molecule has 0 heterocycles. The third kappa shape index (κ3) is 6.05. The van der Waals surface area contributed by atoms with Gasteiger partial charge >= 0.3 is 5.97 Å². The number of ether oxygens (including phenoxy) is 1. The first kappa shape index (κ1) is 20.9. The SMILES string of the molecule is C=CC(=O)Oc1ccc2cc(-c3ccc(CCCCCCCC)cc3)ccc2c1. The molecule has 0 aliphatic carbocycles. The van der Waals surface area contributed by atoms with Crippen LogP contribution in [0.4, 0.5) is 0 Å². The zero-order valence-corrected chi connectivity index (χ0v) is 17.3. The van der Waals surface area contributed by atoms with Gasteiger partial charge in [0.05, 0.1) is 0 Å². The van der Waals surface area contributed by atoms with Crippen molar-refractivity contribution in [2.24, 2.45) is 0 Å². The van der Waals surface area contributed by atoms with Gasteiger partial charge < -0.3 is 4.74 Å². The van der Waals surface area contributed by atoms with E-state index >= 15 is 0 Å². The fourth-order valence-electron chi connectivity index (χ4n) is 3.60. The third-order valence-corrected chi connectivity index (χ3v) is 5.30. The Hall–Kier alpha value is -2.87. The van der Waals surface area contributed by atoms with Crippen molar-refractivity contribution in [3.8, 4) is 16.9 Å². The number of benzene rings is 3. The maximum absolute atomic E-state index is 11.4. The van der Waals surface area contributed by atoms with E-state index in [9.17, 15) is 4.79 Å². The number of esters is 1. The molecule has 0 fully saturated rings. The van der Waals surface area contributed by atoms with Crippen LogP contribution in [0.25, 0.3) is 21.9 Å². The van der Waals surface area contributed by atoms with E-state index in [2.05, 4.69) is 56.0 Å².